The topological polar surface area (TPSA) is 91.8 Å². The van der Waals surface area contributed by atoms with Crippen LogP contribution in [0.15, 0.2) is 76.9 Å². The summed E-state index contributed by atoms with van der Waals surface area (Å²) in [5.74, 6) is -3.34. The summed E-state index contributed by atoms with van der Waals surface area (Å²) in [6.07, 6.45) is 3.84. The molecule has 0 spiro atoms. The van der Waals surface area contributed by atoms with E-state index in [4.69, 9.17) is 11.6 Å². The molecule has 1 N–H and O–H groups in total. The summed E-state index contributed by atoms with van der Waals surface area (Å²) >= 11 is 6.02. The molecule has 6 nitrogen and oxygen atoms in total. The highest BCUT2D eigenvalue weighted by Gasteiger charge is 2.56. The van der Waals surface area contributed by atoms with Crippen LogP contribution < -0.4 is 4.90 Å². The first-order valence-electron chi connectivity index (χ1n) is 12.3. The zero-order valence-electron chi connectivity index (χ0n) is 20.3. The standard InChI is InChI=1S/C30H24ClNO5/c1-14-4-3-5-19(27(14)34)24-18-10-11-20-25(21(18)13-22-23(33)12-15(2)28(35)26(22)24)30(37)32(29(20)36)17-8-6-16(31)7-9-17/h3-10,12,20-21,24-25,34H,11,13H2,1-2H3. The number of phenolic OH excluding ortho intramolecular Hbond substituents is 1. The number of hydrogen-bond acceptors (Lipinski definition) is 5. The Morgan fingerprint density at radius 1 is 0.946 bits per heavy atom. The van der Waals surface area contributed by atoms with E-state index < -0.39 is 23.7 Å². The molecule has 7 heteroatoms. The number of para-hydroxylation sites is 1. The van der Waals surface area contributed by atoms with Gasteiger partial charge < -0.3 is 5.11 Å². The summed E-state index contributed by atoms with van der Waals surface area (Å²) in [4.78, 5) is 55.2. The van der Waals surface area contributed by atoms with Crippen LogP contribution in [0.3, 0.4) is 0 Å². The molecule has 0 radical (unpaired) electrons. The maximum Gasteiger partial charge on any atom is 0.238 e. The molecule has 0 saturated carbocycles. The third kappa shape index (κ3) is 3.39. The van der Waals surface area contributed by atoms with Crippen LogP contribution in [0, 0.1) is 24.7 Å². The van der Waals surface area contributed by atoms with Crippen LogP contribution >= 0.6 is 11.6 Å². The molecule has 4 aliphatic rings. The van der Waals surface area contributed by atoms with E-state index in [0.717, 1.165) is 5.57 Å². The zero-order chi connectivity index (χ0) is 26.2. The minimum Gasteiger partial charge on any atom is -0.507 e. The number of ketones is 2. The van der Waals surface area contributed by atoms with Crippen molar-refractivity contribution in [2.75, 3.05) is 4.90 Å². The molecule has 1 saturated heterocycles. The number of aryl methyl sites for hydroxylation is 1. The quantitative estimate of drug-likeness (QED) is 0.347. The van der Waals surface area contributed by atoms with E-state index in [1.807, 2.05) is 12.1 Å². The summed E-state index contributed by atoms with van der Waals surface area (Å²) in [6.45, 7) is 3.40. The van der Waals surface area contributed by atoms with Crippen molar-refractivity contribution >= 4 is 40.7 Å². The van der Waals surface area contributed by atoms with Crippen molar-refractivity contribution in [3.8, 4) is 5.75 Å². The Labute approximate surface area is 218 Å². The summed E-state index contributed by atoms with van der Waals surface area (Å²) in [5.41, 5.74) is 3.56. The lowest BCUT2D eigenvalue weighted by molar-refractivity contribution is -0.123. The van der Waals surface area contributed by atoms with Gasteiger partial charge in [-0.3, -0.25) is 24.1 Å². The van der Waals surface area contributed by atoms with Gasteiger partial charge in [-0.05, 0) is 68.5 Å². The van der Waals surface area contributed by atoms with Crippen molar-refractivity contribution in [2.24, 2.45) is 17.8 Å². The predicted octanol–water partition coefficient (Wildman–Crippen LogP) is 4.99. The van der Waals surface area contributed by atoms with Crippen molar-refractivity contribution in [1.82, 2.24) is 0 Å². The Hall–Kier alpha value is -3.77. The van der Waals surface area contributed by atoms with Crippen LogP contribution in [0.5, 0.6) is 5.75 Å². The zero-order valence-corrected chi connectivity index (χ0v) is 21.1. The molecular weight excluding hydrogens is 490 g/mol. The molecule has 2 aromatic carbocycles. The Kier molecular flexibility index (Phi) is 5.35. The molecule has 37 heavy (non-hydrogen) atoms. The number of benzene rings is 2. The second kappa shape index (κ2) is 8.38. The Morgan fingerprint density at radius 3 is 2.41 bits per heavy atom. The third-order valence-corrected chi connectivity index (χ3v) is 8.48. The number of carbonyl (C=O) groups is 4. The van der Waals surface area contributed by atoms with Crippen molar-refractivity contribution in [3.05, 3.63) is 93.1 Å². The van der Waals surface area contributed by atoms with E-state index in [1.54, 1.807) is 50.2 Å². The fourth-order valence-electron chi connectivity index (χ4n) is 6.48. The van der Waals surface area contributed by atoms with Gasteiger partial charge in [-0.1, -0.05) is 41.4 Å². The van der Waals surface area contributed by atoms with Gasteiger partial charge in [0.1, 0.15) is 5.75 Å². The number of hydrogen-bond donors (Lipinski definition) is 1. The smallest absolute Gasteiger partial charge is 0.238 e. The number of phenols is 1. The van der Waals surface area contributed by atoms with Crippen LogP contribution in [0.2, 0.25) is 5.02 Å². The van der Waals surface area contributed by atoms with Gasteiger partial charge in [0.25, 0.3) is 0 Å². The highest BCUT2D eigenvalue weighted by molar-refractivity contribution is 6.31. The van der Waals surface area contributed by atoms with E-state index in [9.17, 15) is 24.3 Å². The van der Waals surface area contributed by atoms with Gasteiger partial charge >= 0.3 is 0 Å². The molecule has 3 aliphatic carbocycles. The second-order valence-corrected chi connectivity index (χ2v) is 10.7. The number of nitrogens with zero attached hydrogens (tertiary/aromatic N) is 1. The van der Waals surface area contributed by atoms with Crippen molar-refractivity contribution in [2.45, 2.75) is 32.6 Å². The fraction of sp³-hybridized carbons (Fsp3) is 0.267. The first-order valence-corrected chi connectivity index (χ1v) is 12.7. The highest BCUT2D eigenvalue weighted by atomic mass is 35.5. The Balaban J connectivity index is 1.50. The molecule has 186 valence electrons. The number of amides is 2. The predicted molar refractivity (Wildman–Crippen MR) is 138 cm³/mol. The molecule has 0 aromatic heterocycles. The van der Waals surface area contributed by atoms with Crippen LogP contribution in [-0.4, -0.2) is 28.5 Å². The second-order valence-electron chi connectivity index (χ2n) is 10.2. The van der Waals surface area contributed by atoms with Crippen LogP contribution in [0.1, 0.15) is 36.8 Å². The number of halogens is 1. The minimum absolute atomic E-state index is 0.0621. The first-order chi connectivity index (χ1) is 17.7. The number of imide groups is 1. The normalized spacial score (nSPS) is 27.1. The average molecular weight is 514 g/mol. The number of anilines is 1. The molecule has 0 bridgehead atoms. The van der Waals surface area contributed by atoms with E-state index in [2.05, 4.69) is 0 Å². The lowest BCUT2D eigenvalue weighted by atomic mass is 9.59. The number of allylic oxidation sites excluding steroid dienone is 6. The number of rotatable bonds is 2. The molecule has 6 rings (SSSR count). The number of fused-ring (bicyclic) bond motifs is 3. The van der Waals surface area contributed by atoms with Crippen molar-refractivity contribution in [1.29, 1.82) is 0 Å². The maximum atomic E-state index is 13.8. The molecule has 1 heterocycles. The maximum absolute atomic E-state index is 13.8. The SMILES string of the molecule is CC1=CC(=O)C2=C(C1=O)C(c1cccc(C)c1O)C1=CCC3C(=O)N(c4ccc(Cl)cc4)C(=O)C3C1C2. The first kappa shape index (κ1) is 23.6. The minimum atomic E-state index is -0.665. The van der Waals surface area contributed by atoms with Crippen LogP contribution in [0.25, 0.3) is 0 Å². The van der Waals surface area contributed by atoms with Gasteiger partial charge in [-0.25, -0.2) is 0 Å². The van der Waals surface area contributed by atoms with E-state index in [1.165, 1.54) is 11.0 Å². The molecule has 1 aliphatic heterocycles. The Morgan fingerprint density at radius 2 is 1.68 bits per heavy atom. The number of aromatic hydroxyl groups is 1. The van der Waals surface area contributed by atoms with Crippen molar-refractivity contribution in [3.63, 3.8) is 0 Å². The van der Waals surface area contributed by atoms with Gasteiger partial charge in [-0.2, -0.15) is 0 Å². The van der Waals surface area contributed by atoms with Gasteiger partial charge in [0, 0.05) is 33.2 Å². The highest BCUT2D eigenvalue weighted by Crippen LogP contribution is 2.56. The number of Topliss-reactive ketones (excluding diaryl/α,β-unsaturated/α-hetero) is 1. The molecule has 2 aromatic rings. The van der Waals surface area contributed by atoms with Crippen LogP contribution in [0.4, 0.5) is 5.69 Å². The Bertz CT molecular complexity index is 1510. The van der Waals surface area contributed by atoms with E-state index >= 15 is 0 Å². The molecule has 1 fully saturated rings. The summed E-state index contributed by atoms with van der Waals surface area (Å²) in [6, 6.07) is 11.9. The van der Waals surface area contributed by atoms with E-state index in [-0.39, 0.29) is 35.6 Å². The van der Waals surface area contributed by atoms with Crippen molar-refractivity contribution < 1.29 is 24.3 Å². The monoisotopic (exact) mass is 513 g/mol. The molecular formula is C30H24ClNO5. The third-order valence-electron chi connectivity index (χ3n) is 8.23. The molecule has 2 amide bonds. The largest absolute Gasteiger partial charge is 0.507 e. The lowest BCUT2D eigenvalue weighted by Crippen LogP contribution is -2.39. The number of carbonyl (C=O) groups excluding carboxylic acids is 4. The molecule has 4 atom stereocenters. The van der Waals surface area contributed by atoms with Crippen LogP contribution in [-0.2, 0) is 19.2 Å². The molecule has 4 unspecified atom stereocenters. The van der Waals surface area contributed by atoms with Gasteiger partial charge in [0.2, 0.25) is 11.8 Å². The summed E-state index contributed by atoms with van der Waals surface area (Å²) in [7, 11) is 0. The summed E-state index contributed by atoms with van der Waals surface area (Å²) in [5, 5.41) is 11.5. The lowest BCUT2D eigenvalue weighted by Gasteiger charge is -2.42. The summed E-state index contributed by atoms with van der Waals surface area (Å²) < 4.78 is 0. The van der Waals surface area contributed by atoms with E-state index in [0.29, 0.717) is 45.0 Å². The average Bonchev–Trinajstić information content (AvgIpc) is 3.13. The van der Waals surface area contributed by atoms with Gasteiger partial charge in [-0.15, -0.1) is 0 Å². The van der Waals surface area contributed by atoms with Gasteiger partial charge in [0.15, 0.2) is 11.6 Å². The van der Waals surface area contributed by atoms with Gasteiger partial charge in [0.05, 0.1) is 17.5 Å². The fourth-order valence-corrected chi connectivity index (χ4v) is 6.60.